The molecule has 0 saturated carbocycles. The maximum Gasteiger partial charge on any atom is 0.191 e. The van der Waals surface area contributed by atoms with Gasteiger partial charge in [0.05, 0.1) is 5.01 Å². The highest BCUT2D eigenvalue weighted by atomic mass is 127. The molecule has 0 aliphatic heterocycles. The third kappa shape index (κ3) is 8.42. The standard InChI is InChI=1S/C14H26N4OS2.HI/c1-11-10-18-12(20-11)6-7-16-13(15-5)17-8-9-21(19)14(2,3)4;/h10H,6-9H2,1-5H3,(H2,15,16,17);1H. The molecule has 22 heavy (non-hydrogen) atoms. The third-order valence-corrected chi connectivity index (χ3v) is 5.70. The Kier molecular flexibility index (Phi) is 10.4. The zero-order chi connectivity index (χ0) is 15.9. The summed E-state index contributed by atoms with van der Waals surface area (Å²) in [5.41, 5.74) is 0. The van der Waals surface area contributed by atoms with E-state index in [9.17, 15) is 4.21 Å². The molecule has 0 saturated heterocycles. The van der Waals surface area contributed by atoms with Gasteiger partial charge >= 0.3 is 0 Å². The van der Waals surface area contributed by atoms with Crippen LogP contribution in [0.2, 0.25) is 0 Å². The van der Waals surface area contributed by atoms with Crippen molar-refractivity contribution in [1.82, 2.24) is 15.6 Å². The Morgan fingerprint density at radius 1 is 1.36 bits per heavy atom. The van der Waals surface area contributed by atoms with Crippen LogP contribution in [0.15, 0.2) is 11.2 Å². The molecule has 5 nitrogen and oxygen atoms in total. The van der Waals surface area contributed by atoms with Crippen molar-refractivity contribution < 1.29 is 4.21 Å². The summed E-state index contributed by atoms with van der Waals surface area (Å²) in [6.07, 6.45) is 2.78. The quantitative estimate of drug-likeness (QED) is 0.390. The van der Waals surface area contributed by atoms with Gasteiger partial charge in [-0.1, -0.05) is 0 Å². The lowest BCUT2D eigenvalue weighted by Crippen LogP contribution is -2.41. The second kappa shape index (κ2) is 10.5. The first-order valence-corrected chi connectivity index (χ1v) is 9.21. The minimum absolute atomic E-state index is 0. The maximum absolute atomic E-state index is 11.9. The first-order chi connectivity index (χ1) is 9.82. The molecule has 0 fully saturated rings. The Morgan fingerprint density at radius 2 is 2.00 bits per heavy atom. The van der Waals surface area contributed by atoms with Gasteiger partial charge in [-0.2, -0.15) is 0 Å². The summed E-state index contributed by atoms with van der Waals surface area (Å²) in [4.78, 5) is 9.72. The molecule has 0 bridgehead atoms. The lowest BCUT2D eigenvalue weighted by molar-refractivity contribution is 0.647. The molecule has 8 heteroatoms. The highest BCUT2D eigenvalue weighted by Crippen LogP contribution is 2.11. The molecular weight excluding hydrogens is 431 g/mol. The maximum atomic E-state index is 11.9. The predicted molar refractivity (Wildman–Crippen MR) is 108 cm³/mol. The van der Waals surface area contributed by atoms with Crippen LogP contribution in [0.3, 0.4) is 0 Å². The summed E-state index contributed by atoms with van der Waals surface area (Å²) in [6.45, 7) is 9.48. The van der Waals surface area contributed by atoms with Gasteiger partial charge in [-0.25, -0.2) is 4.98 Å². The van der Waals surface area contributed by atoms with E-state index in [2.05, 4.69) is 27.5 Å². The molecule has 1 unspecified atom stereocenters. The van der Waals surface area contributed by atoms with E-state index in [0.29, 0.717) is 12.3 Å². The molecular formula is C14H27IN4OS2. The van der Waals surface area contributed by atoms with Gasteiger partial charge in [-0.15, -0.1) is 35.3 Å². The number of aromatic nitrogens is 1. The van der Waals surface area contributed by atoms with Crippen molar-refractivity contribution in [2.45, 2.75) is 38.9 Å². The smallest absolute Gasteiger partial charge is 0.191 e. The zero-order valence-corrected chi connectivity index (χ0v) is 17.9. The molecule has 2 N–H and O–H groups in total. The molecule has 0 spiro atoms. The summed E-state index contributed by atoms with van der Waals surface area (Å²) in [5, 5.41) is 7.57. The van der Waals surface area contributed by atoms with Crippen LogP contribution >= 0.6 is 35.3 Å². The van der Waals surface area contributed by atoms with Gasteiger partial charge in [-0.3, -0.25) is 9.20 Å². The number of nitrogens with one attached hydrogen (secondary N) is 2. The molecule has 128 valence electrons. The molecule has 0 radical (unpaired) electrons. The Labute approximate surface area is 157 Å². The van der Waals surface area contributed by atoms with E-state index in [1.807, 2.05) is 27.0 Å². The normalized spacial score (nSPS) is 13.4. The fourth-order valence-electron chi connectivity index (χ4n) is 1.59. The molecule has 1 rings (SSSR count). The number of aryl methyl sites for hydroxylation is 1. The number of rotatable bonds is 6. The van der Waals surface area contributed by atoms with E-state index in [1.54, 1.807) is 18.4 Å². The van der Waals surface area contributed by atoms with Gasteiger partial charge in [0.15, 0.2) is 5.96 Å². The molecule has 0 amide bonds. The SMILES string of the molecule is CN=C(NCCc1ncc(C)s1)NCCS(=O)C(C)(C)C.I. The van der Waals surface area contributed by atoms with Gasteiger partial charge < -0.3 is 10.6 Å². The van der Waals surface area contributed by atoms with Gasteiger partial charge in [-0.05, 0) is 27.7 Å². The molecule has 0 aliphatic rings. The van der Waals surface area contributed by atoms with Crippen LogP contribution in [-0.2, 0) is 17.2 Å². The second-order valence-electron chi connectivity index (χ2n) is 5.70. The molecule has 1 atom stereocenters. The van der Waals surface area contributed by atoms with Gasteiger partial charge in [0.1, 0.15) is 0 Å². The highest BCUT2D eigenvalue weighted by molar-refractivity contribution is 14.0. The van der Waals surface area contributed by atoms with Crippen LogP contribution in [-0.4, -0.2) is 45.8 Å². The number of halogens is 1. The van der Waals surface area contributed by atoms with E-state index in [4.69, 9.17) is 0 Å². The van der Waals surface area contributed by atoms with Gasteiger partial charge in [0, 0.05) is 58.9 Å². The molecule has 1 heterocycles. The average molecular weight is 458 g/mol. The van der Waals surface area contributed by atoms with Gasteiger partial charge in [0.2, 0.25) is 0 Å². The van der Waals surface area contributed by atoms with Crippen LogP contribution in [0.4, 0.5) is 0 Å². The van der Waals surface area contributed by atoms with Crippen molar-refractivity contribution in [3.63, 3.8) is 0 Å². The number of hydrogen-bond donors (Lipinski definition) is 2. The average Bonchev–Trinajstić information content (AvgIpc) is 2.81. The van der Waals surface area contributed by atoms with E-state index in [1.165, 1.54) is 4.88 Å². The summed E-state index contributed by atoms with van der Waals surface area (Å²) >= 11 is 1.72. The van der Waals surface area contributed by atoms with Gasteiger partial charge in [0.25, 0.3) is 0 Å². The monoisotopic (exact) mass is 458 g/mol. The topological polar surface area (TPSA) is 66.4 Å². The fourth-order valence-corrected chi connectivity index (χ4v) is 3.28. The largest absolute Gasteiger partial charge is 0.356 e. The minimum atomic E-state index is -0.842. The number of hydrogen-bond acceptors (Lipinski definition) is 4. The van der Waals surface area contributed by atoms with Crippen LogP contribution in [0.25, 0.3) is 0 Å². The highest BCUT2D eigenvalue weighted by Gasteiger charge is 2.18. The van der Waals surface area contributed by atoms with E-state index in [0.717, 1.165) is 23.9 Å². The minimum Gasteiger partial charge on any atom is -0.356 e. The Morgan fingerprint density at radius 3 is 2.50 bits per heavy atom. The summed E-state index contributed by atoms with van der Waals surface area (Å²) < 4.78 is 11.8. The first kappa shape index (κ1) is 21.8. The lowest BCUT2D eigenvalue weighted by Gasteiger charge is -2.18. The molecule has 1 aromatic heterocycles. The van der Waals surface area contributed by atoms with E-state index >= 15 is 0 Å². The first-order valence-electron chi connectivity index (χ1n) is 7.07. The van der Waals surface area contributed by atoms with Crippen molar-refractivity contribution >= 4 is 52.1 Å². The lowest BCUT2D eigenvalue weighted by atomic mass is 10.3. The van der Waals surface area contributed by atoms with Crippen LogP contribution < -0.4 is 10.6 Å². The Bertz CT molecular complexity index is 497. The van der Waals surface area contributed by atoms with E-state index < -0.39 is 10.8 Å². The van der Waals surface area contributed by atoms with Crippen LogP contribution in [0, 0.1) is 6.92 Å². The molecule has 1 aromatic rings. The summed E-state index contributed by atoms with van der Waals surface area (Å²) in [6, 6.07) is 0. The van der Waals surface area contributed by atoms with Crippen molar-refractivity contribution in [2.24, 2.45) is 4.99 Å². The Hall–Kier alpha value is -0.220. The third-order valence-electron chi connectivity index (χ3n) is 2.79. The van der Waals surface area contributed by atoms with Crippen LogP contribution in [0.5, 0.6) is 0 Å². The number of guanidine groups is 1. The van der Waals surface area contributed by atoms with Crippen molar-refractivity contribution in [2.75, 3.05) is 25.9 Å². The van der Waals surface area contributed by atoms with Crippen LogP contribution in [0.1, 0.15) is 30.7 Å². The zero-order valence-electron chi connectivity index (χ0n) is 13.9. The van der Waals surface area contributed by atoms with Crippen molar-refractivity contribution in [3.05, 3.63) is 16.1 Å². The number of nitrogens with zero attached hydrogens (tertiary/aromatic N) is 2. The summed E-state index contributed by atoms with van der Waals surface area (Å²) in [7, 11) is 0.898. The number of thiazole rings is 1. The predicted octanol–water partition coefficient (Wildman–Crippen LogP) is 2.32. The molecule has 0 aliphatic carbocycles. The van der Waals surface area contributed by atoms with Crippen molar-refractivity contribution in [3.8, 4) is 0 Å². The summed E-state index contributed by atoms with van der Waals surface area (Å²) in [5.74, 6) is 1.37. The number of aliphatic imine (C=N–C) groups is 1. The fraction of sp³-hybridized carbons (Fsp3) is 0.714. The van der Waals surface area contributed by atoms with Crippen molar-refractivity contribution in [1.29, 1.82) is 0 Å². The van der Waals surface area contributed by atoms with E-state index in [-0.39, 0.29) is 28.7 Å². The Balaban J connectivity index is 0.00000441. The molecule has 0 aromatic carbocycles. The second-order valence-corrected chi connectivity index (χ2v) is 9.35.